The van der Waals surface area contributed by atoms with Crippen LogP contribution in [0.2, 0.25) is 13.3 Å². The van der Waals surface area contributed by atoms with Gasteiger partial charge in [0.25, 0.3) is 0 Å². The van der Waals surface area contributed by atoms with E-state index in [0.717, 1.165) is 74.8 Å². The van der Waals surface area contributed by atoms with Gasteiger partial charge in [0.1, 0.15) is 0 Å². The van der Waals surface area contributed by atoms with E-state index in [0.29, 0.717) is 6.61 Å². The molecule has 1 aromatic heterocycles. The fraction of sp³-hybridized carbons (Fsp3) is 0.857. The molecular formula is C21H37F3N2OSn. The molecule has 0 spiro atoms. The molecule has 28 heavy (non-hydrogen) atoms. The van der Waals surface area contributed by atoms with Gasteiger partial charge in [-0.2, -0.15) is 0 Å². The minimum atomic E-state index is -4.40. The quantitative estimate of drug-likeness (QED) is 0.312. The summed E-state index contributed by atoms with van der Waals surface area (Å²) in [5, 5.41) is 4.11. The third-order valence-electron chi connectivity index (χ3n) is 6.02. The van der Waals surface area contributed by atoms with Crippen LogP contribution >= 0.6 is 0 Å². The summed E-state index contributed by atoms with van der Waals surface area (Å²) in [5.74, 6) is 0. The number of nitrogens with zero attached hydrogens (tertiary/aromatic N) is 2. The van der Waals surface area contributed by atoms with Gasteiger partial charge in [-0.05, 0) is 0 Å². The van der Waals surface area contributed by atoms with Gasteiger partial charge in [-0.25, -0.2) is 0 Å². The Labute approximate surface area is 172 Å². The standard InChI is InChI=1S/C9H10F3N2O.3C4H9.Sn/c10-9(11,12)7-4-5-14(13-7)8-3-1-2-6-15-8;3*1-3-4-2;/h4,8H,1-3,6H2;3*1,3-4H2,2H3;. The summed E-state index contributed by atoms with van der Waals surface area (Å²) in [4.78, 5) is 0. The zero-order valence-corrected chi connectivity index (χ0v) is 20.6. The summed E-state index contributed by atoms with van der Waals surface area (Å²) in [6.45, 7) is 7.16. The minimum absolute atomic E-state index is 0.319. The van der Waals surface area contributed by atoms with E-state index >= 15 is 0 Å². The fourth-order valence-corrected chi connectivity index (χ4v) is 20.7. The Balaban J connectivity index is 2.54. The van der Waals surface area contributed by atoms with E-state index in [-0.39, 0.29) is 6.23 Å². The van der Waals surface area contributed by atoms with Crippen LogP contribution in [0.3, 0.4) is 0 Å². The first-order chi connectivity index (χ1) is 13.4. The van der Waals surface area contributed by atoms with E-state index in [1.807, 2.05) is 0 Å². The molecule has 1 aliphatic heterocycles. The third kappa shape index (κ3) is 6.13. The number of aromatic nitrogens is 2. The first kappa shape index (κ1) is 24.0. The molecule has 2 heterocycles. The summed E-state index contributed by atoms with van der Waals surface area (Å²) < 4.78 is 52.8. The molecule has 0 aliphatic carbocycles. The first-order valence-corrected chi connectivity index (χ1v) is 18.6. The second-order valence-corrected chi connectivity index (χ2v) is 21.3. The molecule has 1 aromatic rings. The number of hydrogen-bond acceptors (Lipinski definition) is 2. The molecule has 1 unspecified atom stereocenters. The Morgan fingerprint density at radius 1 is 1.04 bits per heavy atom. The topological polar surface area (TPSA) is 27.1 Å². The Hall–Kier alpha value is -0.241. The van der Waals surface area contributed by atoms with Crippen LogP contribution in [0.25, 0.3) is 0 Å². The Morgan fingerprint density at radius 2 is 1.61 bits per heavy atom. The third-order valence-corrected chi connectivity index (χ3v) is 21.4. The van der Waals surface area contributed by atoms with Crippen LogP contribution in [0.15, 0.2) is 6.07 Å². The number of alkyl halides is 3. The SMILES string of the molecule is CCC[CH2][Sn]([CH2]CCC)([CH2]CCC)[c]1cc(C(F)(F)F)nn1C1CCCCO1. The predicted molar refractivity (Wildman–Crippen MR) is 111 cm³/mol. The van der Waals surface area contributed by atoms with Crippen LogP contribution in [-0.4, -0.2) is 34.8 Å². The van der Waals surface area contributed by atoms with Gasteiger partial charge in [0.05, 0.1) is 0 Å². The van der Waals surface area contributed by atoms with E-state index in [9.17, 15) is 13.2 Å². The van der Waals surface area contributed by atoms with Crippen LogP contribution in [0.5, 0.6) is 0 Å². The number of halogens is 3. The molecule has 1 saturated heterocycles. The van der Waals surface area contributed by atoms with E-state index in [2.05, 4.69) is 25.9 Å². The van der Waals surface area contributed by atoms with Crippen molar-refractivity contribution in [1.29, 1.82) is 0 Å². The molecule has 1 aliphatic rings. The maximum absolute atomic E-state index is 13.6. The van der Waals surface area contributed by atoms with Crippen molar-refractivity contribution in [2.75, 3.05) is 6.61 Å². The van der Waals surface area contributed by atoms with Gasteiger partial charge in [0.15, 0.2) is 0 Å². The van der Waals surface area contributed by atoms with Crippen LogP contribution in [0.4, 0.5) is 13.2 Å². The molecule has 0 radical (unpaired) electrons. The second kappa shape index (κ2) is 11.2. The van der Waals surface area contributed by atoms with E-state index in [4.69, 9.17) is 4.74 Å². The maximum atomic E-state index is 13.6. The van der Waals surface area contributed by atoms with Crippen molar-refractivity contribution in [3.8, 4) is 0 Å². The van der Waals surface area contributed by atoms with Crippen LogP contribution < -0.4 is 3.71 Å². The van der Waals surface area contributed by atoms with E-state index in [1.54, 1.807) is 4.68 Å². The van der Waals surface area contributed by atoms with Gasteiger partial charge in [-0.3, -0.25) is 0 Å². The van der Waals surface area contributed by atoms with Gasteiger partial charge < -0.3 is 0 Å². The summed E-state index contributed by atoms with van der Waals surface area (Å²) in [5.41, 5.74) is -0.720. The predicted octanol–water partition coefficient (Wildman–Crippen LogP) is 6.66. The fourth-order valence-electron chi connectivity index (χ4n) is 4.37. The van der Waals surface area contributed by atoms with Gasteiger partial charge in [-0.1, -0.05) is 0 Å². The van der Waals surface area contributed by atoms with Crippen LogP contribution in [0.1, 0.15) is 90.5 Å². The molecular weight excluding hydrogens is 472 g/mol. The Morgan fingerprint density at radius 3 is 2.04 bits per heavy atom. The Bertz CT molecular complexity index is 561. The molecule has 0 aromatic carbocycles. The van der Waals surface area contributed by atoms with Crippen molar-refractivity contribution in [3.63, 3.8) is 0 Å². The number of unbranched alkanes of at least 4 members (excludes halogenated alkanes) is 3. The zero-order chi connectivity index (χ0) is 20.6. The number of hydrogen-bond donors (Lipinski definition) is 0. The summed E-state index contributed by atoms with van der Waals surface area (Å²) in [6.07, 6.45) is 4.65. The summed E-state index contributed by atoms with van der Waals surface area (Å²) >= 11 is -3.05. The van der Waals surface area contributed by atoms with Crippen LogP contribution in [-0.2, 0) is 10.9 Å². The van der Waals surface area contributed by atoms with Crippen molar-refractivity contribution in [1.82, 2.24) is 9.78 Å². The van der Waals surface area contributed by atoms with Crippen molar-refractivity contribution < 1.29 is 17.9 Å². The van der Waals surface area contributed by atoms with Crippen LogP contribution in [0, 0.1) is 0 Å². The molecule has 162 valence electrons. The van der Waals surface area contributed by atoms with Crippen molar-refractivity contribution in [2.24, 2.45) is 0 Å². The molecule has 0 saturated carbocycles. The molecule has 0 N–H and O–H groups in total. The second-order valence-electron chi connectivity index (χ2n) is 8.27. The van der Waals surface area contributed by atoms with Crippen molar-refractivity contribution >= 4 is 22.1 Å². The Kier molecular flexibility index (Phi) is 9.64. The van der Waals surface area contributed by atoms with Crippen molar-refractivity contribution in [3.05, 3.63) is 11.8 Å². The molecule has 1 fully saturated rings. The molecule has 2 rings (SSSR count). The number of rotatable bonds is 11. The monoisotopic (exact) mass is 510 g/mol. The van der Waals surface area contributed by atoms with Gasteiger partial charge >= 0.3 is 172 Å². The molecule has 3 nitrogen and oxygen atoms in total. The first-order valence-electron chi connectivity index (χ1n) is 11.2. The van der Waals surface area contributed by atoms with Gasteiger partial charge in [0, 0.05) is 0 Å². The summed E-state index contributed by atoms with van der Waals surface area (Å²) in [7, 11) is 0. The molecule has 0 amide bonds. The molecule has 1 atom stereocenters. The average Bonchev–Trinajstić information content (AvgIpc) is 3.15. The summed E-state index contributed by atoms with van der Waals surface area (Å²) in [6, 6.07) is 1.43. The van der Waals surface area contributed by atoms with E-state index < -0.39 is 30.2 Å². The van der Waals surface area contributed by atoms with Gasteiger partial charge in [0.2, 0.25) is 0 Å². The molecule has 0 bridgehead atoms. The van der Waals surface area contributed by atoms with E-state index in [1.165, 1.54) is 6.07 Å². The van der Waals surface area contributed by atoms with Crippen molar-refractivity contribution in [2.45, 2.75) is 104 Å². The zero-order valence-electron chi connectivity index (χ0n) is 17.8. The number of ether oxygens (including phenoxy) is 1. The normalized spacial score (nSPS) is 18.6. The van der Waals surface area contributed by atoms with Gasteiger partial charge in [-0.15, -0.1) is 0 Å². The molecule has 7 heteroatoms. The average molecular weight is 509 g/mol.